The van der Waals surface area contributed by atoms with Crippen LogP contribution in [0.15, 0.2) is 48.7 Å². The molecule has 1 N–H and O–H groups in total. The van der Waals surface area contributed by atoms with Crippen LogP contribution in [-0.2, 0) is 6.54 Å². The van der Waals surface area contributed by atoms with E-state index in [2.05, 4.69) is 15.5 Å². The summed E-state index contributed by atoms with van der Waals surface area (Å²) >= 11 is 0. The second-order valence-corrected chi connectivity index (χ2v) is 4.54. The fourth-order valence-corrected chi connectivity index (χ4v) is 2.03. The molecule has 0 unspecified atom stereocenters. The number of nitrogens with one attached hydrogen (secondary N) is 1. The van der Waals surface area contributed by atoms with Gasteiger partial charge in [0.25, 0.3) is 11.6 Å². The number of nitro benzene ring substituents is 1. The average Bonchev–Trinajstić information content (AvgIpc) is 2.96. The van der Waals surface area contributed by atoms with Crippen LogP contribution in [0.5, 0.6) is 0 Å². The van der Waals surface area contributed by atoms with Gasteiger partial charge in [-0.05, 0) is 18.2 Å². The van der Waals surface area contributed by atoms with Crippen LogP contribution in [0, 0.1) is 10.1 Å². The summed E-state index contributed by atoms with van der Waals surface area (Å²) in [6, 6.07) is 11.0. The maximum absolute atomic E-state index is 12.1. The van der Waals surface area contributed by atoms with Gasteiger partial charge >= 0.3 is 0 Å². The van der Waals surface area contributed by atoms with Crippen molar-refractivity contribution in [3.63, 3.8) is 0 Å². The molecule has 110 valence electrons. The number of carbonyl (C=O) groups is 1. The van der Waals surface area contributed by atoms with Gasteiger partial charge in [-0.15, -0.1) is 10.2 Å². The minimum absolute atomic E-state index is 0.124. The second-order valence-electron chi connectivity index (χ2n) is 4.54. The molecule has 2 heterocycles. The summed E-state index contributed by atoms with van der Waals surface area (Å²) in [5, 5.41) is 21.4. The van der Waals surface area contributed by atoms with Crippen LogP contribution < -0.4 is 5.32 Å². The lowest BCUT2D eigenvalue weighted by molar-refractivity contribution is -0.384. The molecule has 8 heteroatoms. The second kappa shape index (κ2) is 5.60. The summed E-state index contributed by atoms with van der Waals surface area (Å²) in [7, 11) is 0. The highest BCUT2D eigenvalue weighted by atomic mass is 16.6. The van der Waals surface area contributed by atoms with Crippen LogP contribution >= 0.6 is 0 Å². The number of nitrogens with zero attached hydrogens (tertiary/aromatic N) is 4. The smallest absolute Gasteiger partial charge is 0.270 e. The molecule has 0 saturated heterocycles. The molecule has 0 spiro atoms. The van der Waals surface area contributed by atoms with Crippen molar-refractivity contribution in [3.05, 3.63) is 70.2 Å². The van der Waals surface area contributed by atoms with Crippen molar-refractivity contribution < 1.29 is 9.72 Å². The molecule has 0 fully saturated rings. The van der Waals surface area contributed by atoms with Gasteiger partial charge in [-0.25, -0.2) is 0 Å². The van der Waals surface area contributed by atoms with Gasteiger partial charge in [-0.2, -0.15) is 0 Å². The Morgan fingerprint density at radius 3 is 2.91 bits per heavy atom. The molecule has 1 amide bonds. The number of amides is 1. The minimum atomic E-state index is -0.539. The third-order valence-corrected chi connectivity index (χ3v) is 3.11. The number of hydrogen-bond donors (Lipinski definition) is 1. The van der Waals surface area contributed by atoms with Gasteiger partial charge in [-0.1, -0.05) is 12.1 Å². The number of rotatable bonds is 4. The Morgan fingerprint density at radius 1 is 1.23 bits per heavy atom. The van der Waals surface area contributed by atoms with Gasteiger partial charge in [0.05, 0.1) is 11.5 Å². The third-order valence-electron chi connectivity index (χ3n) is 3.11. The molecular formula is C14H11N5O3. The number of pyridine rings is 1. The highest BCUT2D eigenvalue weighted by Crippen LogP contribution is 2.13. The first-order valence-corrected chi connectivity index (χ1v) is 6.46. The Hall–Kier alpha value is -3.29. The van der Waals surface area contributed by atoms with E-state index in [1.54, 1.807) is 16.7 Å². The van der Waals surface area contributed by atoms with E-state index in [9.17, 15) is 14.9 Å². The topological polar surface area (TPSA) is 102 Å². The lowest BCUT2D eigenvalue weighted by Crippen LogP contribution is -2.24. The van der Waals surface area contributed by atoms with Gasteiger partial charge in [0, 0.05) is 23.9 Å². The molecule has 0 aliphatic carbocycles. The molecule has 3 aromatic rings. The normalized spacial score (nSPS) is 10.5. The maximum atomic E-state index is 12.1. The van der Waals surface area contributed by atoms with Crippen LogP contribution in [0.25, 0.3) is 5.65 Å². The predicted molar refractivity (Wildman–Crippen MR) is 77.3 cm³/mol. The first-order valence-electron chi connectivity index (χ1n) is 6.46. The van der Waals surface area contributed by atoms with Gasteiger partial charge in [0.1, 0.15) is 0 Å². The molecule has 0 bridgehead atoms. The zero-order valence-electron chi connectivity index (χ0n) is 11.3. The van der Waals surface area contributed by atoms with E-state index in [4.69, 9.17) is 0 Å². The quantitative estimate of drug-likeness (QED) is 0.581. The summed E-state index contributed by atoms with van der Waals surface area (Å²) in [5.41, 5.74) is 0.783. The van der Waals surface area contributed by atoms with Crippen molar-refractivity contribution in [2.75, 3.05) is 0 Å². The van der Waals surface area contributed by atoms with Crippen molar-refractivity contribution in [3.8, 4) is 0 Å². The van der Waals surface area contributed by atoms with Crippen LogP contribution in [0.3, 0.4) is 0 Å². The monoisotopic (exact) mass is 297 g/mol. The maximum Gasteiger partial charge on any atom is 0.270 e. The number of nitro groups is 1. The van der Waals surface area contributed by atoms with Crippen molar-refractivity contribution in [1.29, 1.82) is 0 Å². The lowest BCUT2D eigenvalue weighted by atomic mass is 10.2. The zero-order chi connectivity index (χ0) is 15.5. The molecule has 0 aliphatic heterocycles. The highest BCUT2D eigenvalue weighted by Gasteiger charge is 2.12. The molecule has 8 nitrogen and oxygen atoms in total. The number of benzene rings is 1. The summed E-state index contributed by atoms with van der Waals surface area (Å²) in [4.78, 5) is 22.2. The molecule has 1 aromatic carbocycles. The van der Waals surface area contributed by atoms with Gasteiger partial charge in [-0.3, -0.25) is 19.3 Å². The van der Waals surface area contributed by atoms with E-state index in [-0.39, 0.29) is 17.8 Å². The van der Waals surface area contributed by atoms with E-state index in [1.165, 1.54) is 24.3 Å². The Bertz CT molecular complexity index is 858. The van der Waals surface area contributed by atoms with Crippen LogP contribution in [0.1, 0.15) is 16.2 Å². The Kier molecular flexibility index (Phi) is 3.48. The molecule has 0 atom stereocenters. The average molecular weight is 297 g/mol. The van der Waals surface area contributed by atoms with Crippen molar-refractivity contribution in [2.24, 2.45) is 0 Å². The van der Waals surface area contributed by atoms with Gasteiger partial charge in [0.2, 0.25) is 0 Å². The van der Waals surface area contributed by atoms with E-state index in [0.717, 1.165) is 0 Å². The highest BCUT2D eigenvalue weighted by molar-refractivity contribution is 5.94. The van der Waals surface area contributed by atoms with Crippen LogP contribution in [0.2, 0.25) is 0 Å². The van der Waals surface area contributed by atoms with Crippen LogP contribution in [-0.4, -0.2) is 25.4 Å². The zero-order valence-corrected chi connectivity index (χ0v) is 11.3. The lowest BCUT2D eigenvalue weighted by Gasteiger charge is -2.04. The molecular weight excluding hydrogens is 286 g/mol. The number of hydrogen-bond acceptors (Lipinski definition) is 5. The van der Waals surface area contributed by atoms with Crippen molar-refractivity contribution >= 4 is 17.2 Å². The number of aromatic nitrogens is 3. The standard InChI is InChI=1S/C14H11N5O3/c20-14(10-4-3-5-11(8-10)19(21)22)15-9-13-17-16-12-6-1-2-7-18(12)13/h1-8H,9H2,(H,15,20). The fourth-order valence-electron chi connectivity index (χ4n) is 2.03. The Balaban J connectivity index is 1.75. The molecule has 0 saturated carbocycles. The third kappa shape index (κ3) is 2.62. The number of carbonyl (C=O) groups excluding carboxylic acids is 1. The summed E-state index contributed by atoms with van der Waals surface area (Å²) in [5.74, 6) is 0.172. The number of fused-ring (bicyclic) bond motifs is 1. The largest absolute Gasteiger partial charge is 0.345 e. The number of non-ortho nitro benzene ring substituents is 1. The van der Waals surface area contributed by atoms with Gasteiger partial charge < -0.3 is 5.32 Å². The molecule has 2 aromatic heterocycles. The van der Waals surface area contributed by atoms with E-state index >= 15 is 0 Å². The molecule has 0 radical (unpaired) electrons. The van der Waals surface area contributed by atoms with Gasteiger partial charge in [0.15, 0.2) is 11.5 Å². The SMILES string of the molecule is O=C(NCc1nnc2ccccn12)c1cccc([N+](=O)[O-])c1. The first kappa shape index (κ1) is 13.7. The molecule has 0 aliphatic rings. The summed E-state index contributed by atoms with van der Waals surface area (Å²) in [6.07, 6.45) is 1.80. The predicted octanol–water partition coefficient (Wildman–Crippen LogP) is 1.57. The van der Waals surface area contributed by atoms with E-state index in [0.29, 0.717) is 11.5 Å². The fraction of sp³-hybridized carbons (Fsp3) is 0.0714. The first-order chi connectivity index (χ1) is 10.6. The van der Waals surface area contributed by atoms with E-state index < -0.39 is 10.8 Å². The van der Waals surface area contributed by atoms with Crippen molar-refractivity contribution in [2.45, 2.75) is 6.54 Å². The van der Waals surface area contributed by atoms with E-state index in [1.807, 2.05) is 12.1 Å². The molecule has 3 rings (SSSR count). The Morgan fingerprint density at radius 2 is 2.09 bits per heavy atom. The van der Waals surface area contributed by atoms with Crippen LogP contribution in [0.4, 0.5) is 5.69 Å². The Labute approximate surface area is 124 Å². The summed E-state index contributed by atoms with van der Waals surface area (Å²) in [6.45, 7) is 0.173. The minimum Gasteiger partial charge on any atom is -0.345 e. The summed E-state index contributed by atoms with van der Waals surface area (Å²) < 4.78 is 1.76. The van der Waals surface area contributed by atoms with Crippen molar-refractivity contribution in [1.82, 2.24) is 19.9 Å². The molecule has 22 heavy (non-hydrogen) atoms.